The van der Waals surface area contributed by atoms with E-state index in [9.17, 15) is 14.0 Å². The van der Waals surface area contributed by atoms with Crippen LogP contribution in [0.4, 0.5) is 10.1 Å². The molecule has 24 heavy (non-hydrogen) atoms. The minimum absolute atomic E-state index is 0.0559. The van der Waals surface area contributed by atoms with E-state index in [0.717, 1.165) is 12.8 Å². The van der Waals surface area contributed by atoms with E-state index in [0.29, 0.717) is 24.8 Å². The minimum Gasteiger partial charge on any atom is -0.340 e. The van der Waals surface area contributed by atoms with Crippen molar-refractivity contribution in [3.05, 3.63) is 30.1 Å². The molecular formula is C19H25FN2O2. The maximum absolute atomic E-state index is 13.1. The molecule has 2 aliphatic rings. The summed E-state index contributed by atoms with van der Waals surface area (Å²) < 4.78 is 13.1. The lowest BCUT2D eigenvalue weighted by molar-refractivity contribution is -0.138. The SMILES string of the molecule is CCN(C(=O)C1CC(=O)N(c2ccc(F)cc2)C1)C1CCCCC1. The van der Waals surface area contributed by atoms with Crippen LogP contribution < -0.4 is 4.90 Å². The molecule has 1 aliphatic carbocycles. The van der Waals surface area contributed by atoms with Crippen molar-refractivity contribution in [3.63, 3.8) is 0 Å². The molecule has 0 spiro atoms. The molecule has 1 atom stereocenters. The summed E-state index contributed by atoms with van der Waals surface area (Å²) in [6.45, 7) is 3.11. The lowest BCUT2D eigenvalue weighted by atomic mass is 9.93. The first-order valence-electron chi connectivity index (χ1n) is 8.96. The van der Waals surface area contributed by atoms with E-state index < -0.39 is 0 Å². The number of amides is 2. The van der Waals surface area contributed by atoms with Crippen molar-refractivity contribution in [2.45, 2.75) is 51.5 Å². The standard InChI is InChI=1S/C19H25FN2O2/c1-2-21(16-6-4-3-5-7-16)19(24)14-12-18(23)22(13-14)17-10-8-15(20)9-11-17/h8-11,14,16H,2-7,12-13H2,1H3. The van der Waals surface area contributed by atoms with Crippen LogP contribution >= 0.6 is 0 Å². The smallest absolute Gasteiger partial charge is 0.228 e. The molecule has 1 saturated carbocycles. The quantitative estimate of drug-likeness (QED) is 0.848. The largest absolute Gasteiger partial charge is 0.340 e. The molecule has 0 N–H and O–H groups in total. The fourth-order valence-corrected chi connectivity index (χ4v) is 3.96. The van der Waals surface area contributed by atoms with Crippen LogP contribution in [-0.4, -0.2) is 35.8 Å². The van der Waals surface area contributed by atoms with E-state index in [4.69, 9.17) is 0 Å². The highest BCUT2D eigenvalue weighted by Crippen LogP contribution is 2.29. The summed E-state index contributed by atoms with van der Waals surface area (Å²) in [5.74, 6) is -0.570. The molecule has 1 saturated heterocycles. The van der Waals surface area contributed by atoms with E-state index in [1.165, 1.54) is 31.4 Å². The van der Waals surface area contributed by atoms with Crippen LogP contribution in [0.2, 0.25) is 0 Å². The Balaban J connectivity index is 1.69. The lowest BCUT2D eigenvalue weighted by Gasteiger charge is -2.35. The summed E-state index contributed by atoms with van der Waals surface area (Å²) in [6.07, 6.45) is 6.01. The Kier molecular flexibility index (Phi) is 5.17. The summed E-state index contributed by atoms with van der Waals surface area (Å²) in [5.41, 5.74) is 0.664. The molecule has 0 aromatic heterocycles. The predicted molar refractivity (Wildman–Crippen MR) is 91.1 cm³/mol. The van der Waals surface area contributed by atoms with E-state index in [1.54, 1.807) is 17.0 Å². The third-order valence-corrected chi connectivity index (χ3v) is 5.25. The maximum atomic E-state index is 13.1. The summed E-state index contributed by atoms with van der Waals surface area (Å²) in [4.78, 5) is 28.8. The van der Waals surface area contributed by atoms with E-state index in [2.05, 4.69) is 0 Å². The molecule has 0 bridgehead atoms. The molecule has 3 rings (SSSR count). The molecule has 130 valence electrons. The molecule has 4 nitrogen and oxygen atoms in total. The zero-order valence-corrected chi connectivity index (χ0v) is 14.2. The Labute approximate surface area is 142 Å². The highest BCUT2D eigenvalue weighted by atomic mass is 19.1. The Bertz CT molecular complexity index is 596. The first-order valence-corrected chi connectivity index (χ1v) is 8.96. The number of anilines is 1. The highest BCUT2D eigenvalue weighted by Gasteiger charge is 2.38. The fourth-order valence-electron chi connectivity index (χ4n) is 3.96. The lowest BCUT2D eigenvalue weighted by Crippen LogP contribution is -2.45. The number of hydrogen-bond donors (Lipinski definition) is 0. The van der Waals surface area contributed by atoms with E-state index in [-0.39, 0.29) is 30.0 Å². The van der Waals surface area contributed by atoms with Crippen LogP contribution in [0, 0.1) is 11.7 Å². The second kappa shape index (κ2) is 7.32. The molecule has 1 unspecified atom stereocenters. The molecule has 1 aromatic rings. The van der Waals surface area contributed by atoms with Crippen LogP contribution in [0.1, 0.15) is 45.4 Å². The van der Waals surface area contributed by atoms with Crippen molar-refractivity contribution < 1.29 is 14.0 Å². The van der Waals surface area contributed by atoms with Gasteiger partial charge in [-0.2, -0.15) is 0 Å². The predicted octanol–water partition coefficient (Wildman–Crippen LogP) is 3.36. The van der Waals surface area contributed by atoms with Crippen molar-refractivity contribution in [2.24, 2.45) is 5.92 Å². The zero-order valence-electron chi connectivity index (χ0n) is 14.2. The van der Waals surface area contributed by atoms with Gasteiger partial charge >= 0.3 is 0 Å². The van der Waals surface area contributed by atoms with Gasteiger partial charge in [0.1, 0.15) is 5.82 Å². The number of hydrogen-bond acceptors (Lipinski definition) is 2. The van der Waals surface area contributed by atoms with Crippen LogP contribution in [0.5, 0.6) is 0 Å². The molecule has 1 heterocycles. The minimum atomic E-state index is -0.326. The van der Waals surface area contributed by atoms with Gasteiger partial charge in [0.25, 0.3) is 0 Å². The van der Waals surface area contributed by atoms with Gasteiger partial charge < -0.3 is 9.80 Å². The summed E-state index contributed by atoms with van der Waals surface area (Å²) in [6, 6.07) is 6.21. The van der Waals surface area contributed by atoms with Crippen LogP contribution in [0.25, 0.3) is 0 Å². The van der Waals surface area contributed by atoms with Crippen molar-refractivity contribution in [3.8, 4) is 0 Å². The van der Waals surface area contributed by atoms with Crippen molar-refractivity contribution in [2.75, 3.05) is 18.0 Å². The topological polar surface area (TPSA) is 40.6 Å². The molecule has 1 aliphatic heterocycles. The van der Waals surface area contributed by atoms with Gasteiger partial charge in [-0.25, -0.2) is 4.39 Å². The average Bonchev–Trinajstić information content (AvgIpc) is 2.99. The normalized spacial score (nSPS) is 22.0. The van der Waals surface area contributed by atoms with Gasteiger partial charge in [-0.1, -0.05) is 19.3 Å². The summed E-state index contributed by atoms with van der Waals surface area (Å²) in [5, 5.41) is 0. The third-order valence-electron chi connectivity index (χ3n) is 5.25. The average molecular weight is 332 g/mol. The number of benzene rings is 1. The summed E-state index contributed by atoms with van der Waals surface area (Å²) >= 11 is 0. The Morgan fingerprint density at radius 3 is 2.50 bits per heavy atom. The Morgan fingerprint density at radius 1 is 1.21 bits per heavy atom. The van der Waals surface area contributed by atoms with E-state index in [1.807, 2.05) is 11.8 Å². The van der Waals surface area contributed by atoms with Gasteiger partial charge in [0, 0.05) is 31.2 Å². The monoisotopic (exact) mass is 332 g/mol. The zero-order chi connectivity index (χ0) is 17.1. The molecule has 2 amide bonds. The van der Waals surface area contributed by atoms with Crippen LogP contribution in [-0.2, 0) is 9.59 Å². The molecule has 0 radical (unpaired) electrons. The van der Waals surface area contributed by atoms with Gasteiger partial charge in [0.15, 0.2) is 0 Å². The molecule has 5 heteroatoms. The van der Waals surface area contributed by atoms with Crippen molar-refractivity contribution in [1.29, 1.82) is 0 Å². The third kappa shape index (κ3) is 3.45. The van der Waals surface area contributed by atoms with Gasteiger partial charge in [0.05, 0.1) is 5.92 Å². The Hall–Kier alpha value is -1.91. The summed E-state index contributed by atoms with van der Waals surface area (Å²) in [7, 11) is 0. The second-order valence-corrected chi connectivity index (χ2v) is 6.80. The number of halogens is 1. The Morgan fingerprint density at radius 2 is 1.88 bits per heavy atom. The van der Waals surface area contributed by atoms with Gasteiger partial charge in [-0.15, -0.1) is 0 Å². The number of carbonyl (C=O) groups is 2. The van der Waals surface area contributed by atoms with Gasteiger partial charge in [-0.3, -0.25) is 9.59 Å². The maximum Gasteiger partial charge on any atom is 0.228 e. The highest BCUT2D eigenvalue weighted by molar-refractivity contribution is 6.00. The fraction of sp³-hybridized carbons (Fsp3) is 0.579. The molecule has 2 fully saturated rings. The first-order chi connectivity index (χ1) is 11.6. The number of carbonyl (C=O) groups excluding carboxylic acids is 2. The van der Waals surface area contributed by atoms with Crippen LogP contribution in [0.15, 0.2) is 24.3 Å². The van der Waals surface area contributed by atoms with Crippen molar-refractivity contribution >= 4 is 17.5 Å². The number of nitrogens with zero attached hydrogens (tertiary/aromatic N) is 2. The number of rotatable bonds is 4. The van der Waals surface area contributed by atoms with Gasteiger partial charge in [0.2, 0.25) is 11.8 Å². The van der Waals surface area contributed by atoms with Crippen molar-refractivity contribution in [1.82, 2.24) is 4.90 Å². The molecule has 1 aromatic carbocycles. The van der Waals surface area contributed by atoms with Gasteiger partial charge in [-0.05, 0) is 44.0 Å². The first kappa shape index (κ1) is 16.9. The molecular weight excluding hydrogens is 307 g/mol. The second-order valence-electron chi connectivity index (χ2n) is 6.80. The van der Waals surface area contributed by atoms with Crippen LogP contribution in [0.3, 0.4) is 0 Å². The van der Waals surface area contributed by atoms with E-state index >= 15 is 0 Å².